The van der Waals surface area contributed by atoms with Gasteiger partial charge in [0.15, 0.2) is 0 Å². The Hall–Kier alpha value is 0.540. The fraction of sp³-hybridized carbons (Fsp3) is 0.500. The van der Waals surface area contributed by atoms with Crippen molar-refractivity contribution in [2.75, 3.05) is 7.11 Å². The minimum Gasteiger partial charge on any atom is -0.346 e. The Morgan fingerprint density at radius 1 is 1.60 bits per heavy atom. The lowest BCUT2D eigenvalue weighted by molar-refractivity contribution is 0.293. The average Bonchev–Trinajstić information content (AvgIpc) is 1.38. The van der Waals surface area contributed by atoms with Gasteiger partial charge in [0, 0.05) is 7.11 Å². The van der Waals surface area contributed by atoms with Crippen molar-refractivity contribution in [1.29, 1.82) is 0 Å². The largest absolute Gasteiger partial charge is 0.346 e. The predicted octanol–water partition coefficient (Wildman–Crippen LogP) is 1.56. The topological polar surface area (TPSA) is 9.23 Å². The van der Waals surface area contributed by atoms with Gasteiger partial charge in [-0.2, -0.15) is 0 Å². The van der Waals surface area contributed by atoms with E-state index in [2.05, 4.69) is 4.74 Å². The molecule has 0 aromatic carbocycles. The summed E-state index contributed by atoms with van der Waals surface area (Å²) >= 11 is 9.84. The lowest BCUT2D eigenvalue weighted by Gasteiger charge is -1.86. The summed E-state index contributed by atoms with van der Waals surface area (Å²) < 4.78 is 4.20. The van der Waals surface area contributed by atoms with Crippen LogP contribution >= 0.6 is 23.2 Å². The highest BCUT2D eigenvalue weighted by atomic mass is 35.5. The van der Waals surface area contributed by atoms with Gasteiger partial charge in [0.2, 0.25) is 0 Å². The van der Waals surface area contributed by atoms with E-state index in [1.165, 1.54) is 7.11 Å². The third-order valence-electron chi connectivity index (χ3n) is 0.154. The van der Waals surface area contributed by atoms with Crippen LogP contribution in [0, 0.1) is 5.02 Å². The van der Waals surface area contributed by atoms with Crippen molar-refractivity contribution in [3.63, 3.8) is 0 Å². The molecule has 1 nitrogen and oxygen atoms in total. The van der Waals surface area contributed by atoms with Gasteiger partial charge in [0.05, 0.1) is 0 Å². The summed E-state index contributed by atoms with van der Waals surface area (Å²) in [6.07, 6.45) is 0. The quantitative estimate of drug-likeness (QED) is 0.502. The molecular formula is C2H3Cl2O. The molecule has 1 radical (unpaired) electrons. The van der Waals surface area contributed by atoms with Crippen LogP contribution in [0.2, 0.25) is 0 Å². The Labute approximate surface area is 40.8 Å². The van der Waals surface area contributed by atoms with Gasteiger partial charge in [-0.25, -0.2) is 0 Å². The van der Waals surface area contributed by atoms with E-state index < -0.39 is 0 Å². The molecule has 0 amide bonds. The van der Waals surface area contributed by atoms with Gasteiger partial charge >= 0.3 is 0 Å². The van der Waals surface area contributed by atoms with Gasteiger partial charge in [-0.15, -0.1) is 0 Å². The van der Waals surface area contributed by atoms with Gasteiger partial charge < -0.3 is 4.74 Å². The molecule has 0 fully saturated rings. The van der Waals surface area contributed by atoms with Crippen molar-refractivity contribution in [2.45, 2.75) is 0 Å². The summed E-state index contributed by atoms with van der Waals surface area (Å²) in [4.78, 5) is 0. The second-order valence-corrected chi connectivity index (χ2v) is 1.31. The van der Waals surface area contributed by atoms with Crippen LogP contribution in [0.5, 0.6) is 0 Å². The predicted molar refractivity (Wildman–Crippen MR) is 22.0 cm³/mol. The van der Waals surface area contributed by atoms with Crippen LogP contribution in [-0.4, -0.2) is 7.11 Å². The molecular weight excluding hydrogens is 111 g/mol. The van der Waals surface area contributed by atoms with E-state index >= 15 is 0 Å². The van der Waals surface area contributed by atoms with Crippen LogP contribution in [0.4, 0.5) is 0 Å². The molecule has 0 aliphatic carbocycles. The highest BCUT2D eigenvalue weighted by molar-refractivity contribution is 6.51. The highest BCUT2D eigenvalue weighted by Crippen LogP contribution is 2.09. The number of methoxy groups -OCH3 is 1. The van der Waals surface area contributed by atoms with E-state index in [9.17, 15) is 0 Å². The maximum atomic E-state index is 4.92. The summed E-state index contributed by atoms with van der Waals surface area (Å²) in [7, 11) is 1.40. The fourth-order valence-electron chi connectivity index (χ4n) is 0. The van der Waals surface area contributed by atoms with Crippen LogP contribution in [0.25, 0.3) is 0 Å². The van der Waals surface area contributed by atoms with Gasteiger partial charge in [-0.1, -0.05) is 23.2 Å². The van der Waals surface area contributed by atoms with Gasteiger partial charge in [-0.3, -0.25) is 0 Å². The van der Waals surface area contributed by atoms with Crippen molar-refractivity contribution in [3.8, 4) is 0 Å². The molecule has 0 unspecified atom stereocenters. The van der Waals surface area contributed by atoms with Crippen molar-refractivity contribution in [1.82, 2.24) is 0 Å². The van der Waals surface area contributed by atoms with Crippen LogP contribution in [0.1, 0.15) is 0 Å². The van der Waals surface area contributed by atoms with E-state index in [0.29, 0.717) is 0 Å². The van der Waals surface area contributed by atoms with E-state index in [4.69, 9.17) is 23.2 Å². The molecule has 31 valence electrons. The first-order chi connectivity index (χ1) is 2.27. The summed E-state index contributed by atoms with van der Waals surface area (Å²) in [5.41, 5.74) is 0. The monoisotopic (exact) mass is 113 g/mol. The molecule has 0 bridgehead atoms. The van der Waals surface area contributed by atoms with Crippen molar-refractivity contribution in [3.05, 3.63) is 5.02 Å². The first kappa shape index (κ1) is 5.54. The maximum Gasteiger partial charge on any atom is 0.276 e. The first-order valence-electron chi connectivity index (χ1n) is 0.990. The minimum atomic E-state index is -0.0509. The highest BCUT2D eigenvalue weighted by Gasteiger charge is 1.89. The zero-order chi connectivity index (χ0) is 4.28. The zero-order valence-corrected chi connectivity index (χ0v) is 4.18. The summed E-state index contributed by atoms with van der Waals surface area (Å²) in [6, 6.07) is 0. The third-order valence-corrected chi connectivity index (χ3v) is 0.463. The normalized spacial score (nSPS) is 9.60. The smallest absolute Gasteiger partial charge is 0.276 e. The second-order valence-electron chi connectivity index (χ2n) is 0.430. The fourth-order valence-corrected chi connectivity index (χ4v) is 0. The van der Waals surface area contributed by atoms with Gasteiger partial charge in [-0.05, 0) is 0 Å². The molecule has 0 saturated carbocycles. The van der Waals surface area contributed by atoms with E-state index in [-0.39, 0.29) is 5.02 Å². The Balaban J connectivity index is 2.54. The summed E-state index contributed by atoms with van der Waals surface area (Å²) in [5, 5.41) is -0.0509. The number of ether oxygens (including phenoxy) is 1. The standard InChI is InChI=1S/C2H3Cl2O/c1-5-2(3)4/h1H3. The summed E-state index contributed by atoms with van der Waals surface area (Å²) in [6.45, 7) is 0. The van der Waals surface area contributed by atoms with Crippen molar-refractivity contribution < 1.29 is 4.74 Å². The van der Waals surface area contributed by atoms with E-state index in [0.717, 1.165) is 0 Å². The van der Waals surface area contributed by atoms with Crippen molar-refractivity contribution in [2.24, 2.45) is 0 Å². The van der Waals surface area contributed by atoms with Crippen LogP contribution < -0.4 is 0 Å². The van der Waals surface area contributed by atoms with E-state index in [1.807, 2.05) is 0 Å². The number of halogens is 2. The molecule has 0 aliphatic rings. The Bertz CT molecular complexity index is 21.6. The Morgan fingerprint density at radius 3 is 1.80 bits per heavy atom. The van der Waals surface area contributed by atoms with Crippen LogP contribution in [0.15, 0.2) is 0 Å². The lowest BCUT2D eigenvalue weighted by atomic mass is 11.5. The molecule has 0 aliphatic heterocycles. The maximum absolute atomic E-state index is 4.92. The number of hydrogen-bond donors (Lipinski definition) is 0. The molecule has 0 rings (SSSR count). The first-order valence-corrected chi connectivity index (χ1v) is 1.75. The Kier molecular flexibility index (Phi) is 3.06. The molecule has 0 heterocycles. The molecule has 0 saturated heterocycles. The molecule has 0 N–H and O–H groups in total. The molecule has 0 aromatic heterocycles. The molecule has 0 aromatic rings. The number of rotatable bonds is 1. The molecule has 0 atom stereocenters. The van der Waals surface area contributed by atoms with Crippen LogP contribution in [-0.2, 0) is 4.74 Å². The van der Waals surface area contributed by atoms with Crippen LogP contribution in [0.3, 0.4) is 0 Å². The Morgan fingerprint density at radius 2 is 1.80 bits per heavy atom. The van der Waals surface area contributed by atoms with Crippen molar-refractivity contribution >= 4 is 23.2 Å². The second kappa shape index (κ2) is 2.76. The zero-order valence-electron chi connectivity index (χ0n) is 2.66. The van der Waals surface area contributed by atoms with Gasteiger partial charge in [0.25, 0.3) is 5.02 Å². The van der Waals surface area contributed by atoms with E-state index in [1.54, 1.807) is 0 Å². The SMILES string of the molecule is CO[C](Cl)Cl. The molecule has 0 spiro atoms. The minimum absolute atomic E-state index is 0.0509. The number of hydrogen-bond acceptors (Lipinski definition) is 1. The molecule has 3 heteroatoms. The molecule has 5 heavy (non-hydrogen) atoms. The average molecular weight is 114 g/mol. The summed E-state index contributed by atoms with van der Waals surface area (Å²) in [5.74, 6) is 0. The van der Waals surface area contributed by atoms with Gasteiger partial charge in [0.1, 0.15) is 0 Å². The lowest BCUT2D eigenvalue weighted by Crippen LogP contribution is -1.73. The third kappa shape index (κ3) is 4.54.